The van der Waals surface area contributed by atoms with E-state index in [1.807, 2.05) is 25.2 Å². The molecule has 1 aromatic heterocycles. The zero-order chi connectivity index (χ0) is 13.9. The fraction of sp³-hybridized carbons (Fsp3) is 0.467. The lowest BCUT2D eigenvalue weighted by molar-refractivity contribution is 0.116. The molecule has 0 radical (unpaired) electrons. The summed E-state index contributed by atoms with van der Waals surface area (Å²) in [4.78, 5) is 11.3. The predicted octanol–water partition coefficient (Wildman–Crippen LogP) is 2.29. The van der Waals surface area contributed by atoms with Crippen molar-refractivity contribution in [2.24, 2.45) is 0 Å². The number of likely N-dealkylation sites (N-methyl/N-ethyl adjacent to an activating group) is 1. The second kappa shape index (κ2) is 5.63. The van der Waals surface area contributed by atoms with Gasteiger partial charge in [0.25, 0.3) is 0 Å². The van der Waals surface area contributed by atoms with Crippen LogP contribution in [0.3, 0.4) is 0 Å². The van der Waals surface area contributed by atoms with Crippen LogP contribution in [0.15, 0.2) is 24.3 Å². The van der Waals surface area contributed by atoms with E-state index in [2.05, 4.69) is 33.3 Å². The summed E-state index contributed by atoms with van der Waals surface area (Å²) in [5.74, 6) is 1.60. The Labute approximate surface area is 119 Å². The normalized spacial score (nSPS) is 18.4. The Morgan fingerprint density at radius 2 is 2.20 bits per heavy atom. The Morgan fingerprint density at radius 1 is 1.35 bits per heavy atom. The molecule has 5 heteroatoms. The van der Waals surface area contributed by atoms with E-state index in [1.54, 1.807) is 0 Å². The Morgan fingerprint density at radius 3 is 2.95 bits per heavy atom. The molecule has 1 aromatic carbocycles. The Kier molecular flexibility index (Phi) is 3.69. The number of hydrogen-bond acceptors (Lipinski definition) is 5. The quantitative estimate of drug-likeness (QED) is 0.925. The standard InChI is InChI=1S/C15H20N4O/c1-16-15-17-13-8-4-3-7-12(13)14(18-15)19(2)10-11-6-5-9-20-11/h3-4,7-8,11H,5-6,9-10H2,1-2H3,(H,16,17,18). The molecular weight excluding hydrogens is 252 g/mol. The van der Waals surface area contributed by atoms with E-state index in [4.69, 9.17) is 4.74 Å². The number of para-hydroxylation sites is 1. The van der Waals surface area contributed by atoms with E-state index in [1.165, 1.54) is 0 Å². The molecule has 0 aliphatic carbocycles. The molecule has 5 nitrogen and oxygen atoms in total. The molecule has 3 rings (SSSR count). The van der Waals surface area contributed by atoms with Crippen molar-refractivity contribution in [1.82, 2.24) is 9.97 Å². The number of hydrogen-bond donors (Lipinski definition) is 1. The SMILES string of the molecule is CNc1nc(N(C)CC2CCCO2)c2ccccc2n1. The average molecular weight is 272 g/mol. The smallest absolute Gasteiger partial charge is 0.224 e. The number of aromatic nitrogens is 2. The van der Waals surface area contributed by atoms with Crippen molar-refractivity contribution in [1.29, 1.82) is 0 Å². The monoisotopic (exact) mass is 272 g/mol. The van der Waals surface area contributed by atoms with Gasteiger partial charge in [-0.05, 0) is 25.0 Å². The van der Waals surface area contributed by atoms with Gasteiger partial charge in [-0.3, -0.25) is 0 Å². The fourth-order valence-electron chi connectivity index (χ4n) is 2.64. The molecule has 2 heterocycles. The Hall–Kier alpha value is -1.88. The lowest BCUT2D eigenvalue weighted by Gasteiger charge is -2.23. The Bertz CT molecular complexity index is 595. The molecule has 106 valence electrons. The molecule has 0 bridgehead atoms. The first kappa shape index (κ1) is 13.1. The highest BCUT2D eigenvalue weighted by atomic mass is 16.5. The van der Waals surface area contributed by atoms with Crippen molar-refractivity contribution < 1.29 is 4.74 Å². The minimum atomic E-state index is 0.312. The fourth-order valence-corrected chi connectivity index (χ4v) is 2.64. The largest absolute Gasteiger partial charge is 0.376 e. The highest BCUT2D eigenvalue weighted by Crippen LogP contribution is 2.25. The summed E-state index contributed by atoms with van der Waals surface area (Å²) >= 11 is 0. The predicted molar refractivity (Wildman–Crippen MR) is 81.3 cm³/mol. The molecule has 0 spiro atoms. The molecule has 1 N–H and O–H groups in total. The van der Waals surface area contributed by atoms with Crippen LogP contribution in [0, 0.1) is 0 Å². The van der Waals surface area contributed by atoms with Crippen LogP contribution in [-0.4, -0.2) is 43.3 Å². The number of fused-ring (bicyclic) bond motifs is 1. The number of rotatable bonds is 4. The summed E-state index contributed by atoms with van der Waals surface area (Å²) in [5, 5.41) is 4.10. The summed E-state index contributed by atoms with van der Waals surface area (Å²) in [6.45, 7) is 1.74. The minimum Gasteiger partial charge on any atom is -0.376 e. The summed E-state index contributed by atoms with van der Waals surface area (Å²) in [6, 6.07) is 8.10. The van der Waals surface area contributed by atoms with Gasteiger partial charge in [0, 0.05) is 32.6 Å². The molecule has 1 fully saturated rings. The van der Waals surface area contributed by atoms with Gasteiger partial charge in [0.1, 0.15) is 5.82 Å². The first-order valence-electron chi connectivity index (χ1n) is 7.05. The van der Waals surface area contributed by atoms with Crippen LogP contribution in [0.2, 0.25) is 0 Å². The Balaban J connectivity index is 1.95. The third-order valence-electron chi connectivity index (χ3n) is 3.67. The number of nitrogens with zero attached hydrogens (tertiary/aromatic N) is 3. The first-order valence-corrected chi connectivity index (χ1v) is 7.05. The number of benzene rings is 1. The van der Waals surface area contributed by atoms with Crippen LogP contribution in [0.25, 0.3) is 10.9 Å². The van der Waals surface area contributed by atoms with Crippen molar-refractivity contribution >= 4 is 22.7 Å². The van der Waals surface area contributed by atoms with Gasteiger partial charge in [0.2, 0.25) is 5.95 Å². The third-order valence-corrected chi connectivity index (χ3v) is 3.67. The minimum absolute atomic E-state index is 0.312. The molecule has 1 atom stereocenters. The van der Waals surface area contributed by atoms with Crippen LogP contribution < -0.4 is 10.2 Å². The summed E-state index contributed by atoms with van der Waals surface area (Å²) < 4.78 is 5.71. The van der Waals surface area contributed by atoms with Crippen LogP contribution >= 0.6 is 0 Å². The molecule has 20 heavy (non-hydrogen) atoms. The highest BCUT2D eigenvalue weighted by molar-refractivity contribution is 5.90. The zero-order valence-corrected chi connectivity index (χ0v) is 12.0. The van der Waals surface area contributed by atoms with Crippen molar-refractivity contribution in [3.63, 3.8) is 0 Å². The second-order valence-electron chi connectivity index (χ2n) is 5.15. The van der Waals surface area contributed by atoms with Crippen LogP contribution in [0.1, 0.15) is 12.8 Å². The van der Waals surface area contributed by atoms with E-state index in [0.717, 1.165) is 42.7 Å². The first-order chi connectivity index (χ1) is 9.78. The third kappa shape index (κ3) is 2.54. The van der Waals surface area contributed by atoms with E-state index in [0.29, 0.717) is 12.1 Å². The number of ether oxygens (including phenoxy) is 1. The second-order valence-corrected chi connectivity index (χ2v) is 5.15. The lowest BCUT2D eigenvalue weighted by atomic mass is 10.2. The molecule has 0 saturated carbocycles. The maximum absolute atomic E-state index is 5.71. The van der Waals surface area contributed by atoms with Gasteiger partial charge in [0.15, 0.2) is 0 Å². The van der Waals surface area contributed by atoms with E-state index in [-0.39, 0.29) is 0 Å². The van der Waals surface area contributed by atoms with E-state index in [9.17, 15) is 0 Å². The van der Waals surface area contributed by atoms with Gasteiger partial charge in [-0.15, -0.1) is 0 Å². The van der Waals surface area contributed by atoms with E-state index < -0.39 is 0 Å². The average Bonchev–Trinajstić information content (AvgIpc) is 2.98. The topological polar surface area (TPSA) is 50.3 Å². The van der Waals surface area contributed by atoms with Crippen molar-refractivity contribution in [2.75, 3.05) is 37.5 Å². The molecule has 1 aliphatic heterocycles. The van der Waals surface area contributed by atoms with Crippen LogP contribution in [0.4, 0.5) is 11.8 Å². The maximum Gasteiger partial charge on any atom is 0.224 e. The molecule has 2 aromatic rings. The maximum atomic E-state index is 5.71. The van der Waals surface area contributed by atoms with Crippen LogP contribution in [0.5, 0.6) is 0 Å². The van der Waals surface area contributed by atoms with Gasteiger partial charge in [-0.1, -0.05) is 12.1 Å². The number of nitrogens with one attached hydrogen (secondary N) is 1. The molecule has 1 saturated heterocycles. The van der Waals surface area contributed by atoms with Crippen molar-refractivity contribution in [3.8, 4) is 0 Å². The zero-order valence-electron chi connectivity index (χ0n) is 12.0. The van der Waals surface area contributed by atoms with Gasteiger partial charge in [0.05, 0.1) is 11.6 Å². The highest BCUT2D eigenvalue weighted by Gasteiger charge is 2.19. The van der Waals surface area contributed by atoms with Crippen molar-refractivity contribution in [3.05, 3.63) is 24.3 Å². The summed E-state index contributed by atoms with van der Waals surface area (Å²) in [5.41, 5.74) is 0.959. The summed E-state index contributed by atoms with van der Waals surface area (Å²) in [6.07, 6.45) is 2.60. The van der Waals surface area contributed by atoms with E-state index >= 15 is 0 Å². The summed E-state index contributed by atoms with van der Waals surface area (Å²) in [7, 11) is 3.91. The molecule has 1 aliphatic rings. The molecule has 1 unspecified atom stereocenters. The van der Waals surface area contributed by atoms with Gasteiger partial charge in [-0.2, -0.15) is 4.98 Å². The lowest BCUT2D eigenvalue weighted by Crippen LogP contribution is -2.29. The van der Waals surface area contributed by atoms with Gasteiger partial charge < -0.3 is 15.0 Å². The van der Waals surface area contributed by atoms with Gasteiger partial charge in [-0.25, -0.2) is 4.98 Å². The van der Waals surface area contributed by atoms with Crippen molar-refractivity contribution in [2.45, 2.75) is 18.9 Å². The molecule has 0 amide bonds. The van der Waals surface area contributed by atoms with Gasteiger partial charge >= 0.3 is 0 Å². The molecular formula is C15H20N4O. The van der Waals surface area contributed by atoms with Crippen LogP contribution in [-0.2, 0) is 4.74 Å². The number of anilines is 2.